The third-order valence-corrected chi connectivity index (χ3v) is 4.25. The second kappa shape index (κ2) is 3.81. The van der Waals surface area contributed by atoms with Crippen LogP contribution in [0.25, 0.3) is 0 Å². The zero-order chi connectivity index (χ0) is 8.39. The topological polar surface area (TPSA) is 0 Å². The Morgan fingerprint density at radius 3 is 2.50 bits per heavy atom. The van der Waals surface area contributed by atoms with Crippen LogP contribution in [-0.2, 0) is 0 Å². The van der Waals surface area contributed by atoms with E-state index in [1.807, 2.05) is 0 Å². The van der Waals surface area contributed by atoms with Crippen molar-refractivity contribution in [2.75, 3.05) is 0 Å². The SMILES string of the molecule is CCC1CCCC2CCCCC12. The van der Waals surface area contributed by atoms with Crippen molar-refractivity contribution in [2.24, 2.45) is 17.8 Å². The highest BCUT2D eigenvalue weighted by molar-refractivity contribution is 4.84. The van der Waals surface area contributed by atoms with Gasteiger partial charge in [-0.1, -0.05) is 51.9 Å². The molecule has 0 N–H and O–H groups in total. The van der Waals surface area contributed by atoms with Gasteiger partial charge in [0, 0.05) is 0 Å². The van der Waals surface area contributed by atoms with Crippen LogP contribution in [0.1, 0.15) is 58.3 Å². The van der Waals surface area contributed by atoms with E-state index in [0.717, 1.165) is 17.8 Å². The molecule has 0 bridgehead atoms. The van der Waals surface area contributed by atoms with Crippen molar-refractivity contribution in [3.8, 4) is 0 Å². The van der Waals surface area contributed by atoms with E-state index in [9.17, 15) is 0 Å². The highest BCUT2D eigenvalue weighted by Gasteiger charge is 2.33. The van der Waals surface area contributed by atoms with Crippen molar-refractivity contribution in [3.05, 3.63) is 0 Å². The van der Waals surface area contributed by atoms with Crippen LogP contribution in [0.2, 0.25) is 0 Å². The Morgan fingerprint density at radius 1 is 0.917 bits per heavy atom. The smallest absolute Gasteiger partial charge is 0.0358 e. The fraction of sp³-hybridized carbons (Fsp3) is 1.00. The average Bonchev–Trinajstić information content (AvgIpc) is 2.17. The van der Waals surface area contributed by atoms with Gasteiger partial charge in [-0.05, 0) is 24.2 Å². The molecule has 2 rings (SSSR count). The van der Waals surface area contributed by atoms with Crippen LogP contribution >= 0.6 is 0 Å². The van der Waals surface area contributed by atoms with E-state index in [4.69, 9.17) is 0 Å². The molecule has 2 aliphatic rings. The van der Waals surface area contributed by atoms with Crippen LogP contribution in [-0.4, -0.2) is 0 Å². The molecule has 0 aromatic carbocycles. The molecule has 0 amide bonds. The maximum Gasteiger partial charge on any atom is -0.0358 e. The van der Waals surface area contributed by atoms with Gasteiger partial charge in [-0.25, -0.2) is 0 Å². The van der Waals surface area contributed by atoms with Gasteiger partial charge in [0.1, 0.15) is 0 Å². The molecule has 0 aromatic heterocycles. The van der Waals surface area contributed by atoms with E-state index in [1.54, 1.807) is 19.3 Å². The Hall–Kier alpha value is 0. The first-order chi connectivity index (χ1) is 5.92. The molecule has 3 atom stereocenters. The number of hydrogen-bond acceptors (Lipinski definition) is 0. The van der Waals surface area contributed by atoms with Crippen LogP contribution in [0.4, 0.5) is 0 Å². The minimum Gasteiger partial charge on any atom is -0.0651 e. The van der Waals surface area contributed by atoms with Gasteiger partial charge in [0.05, 0.1) is 0 Å². The van der Waals surface area contributed by atoms with Gasteiger partial charge in [0.25, 0.3) is 0 Å². The lowest BCUT2D eigenvalue weighted by atomic mass is 9.65. The summed E-state index contributed by atoms with van der Waals surface area (Å²) in [6.45, 7) is 2.39. The molecule has 0 saturated heterocycles. The summed E-state index contributed by atoms with van der Waals surface area (Å²) in [5, 5.41) is 0. The molecule has 3 unspecified atom stereocenters. The largest absolute Gasteiger partial charge is 0.0651 e. The van der Waals surface area contributed by atoms with Gasteiger partial charge < -0.3 is 0 Å². The summed E-state index contributed by atoms with van der Waals surface area (Å²) in [5.41, 5.74) is 0. The number of fused-ring (bicyclic) bond motifs is 1. The highest BCUT2D eigenvalue weighted by atomic mass is 14.4. The van der Waals surface area contributed by atoms with E-state index < -0.39 is 0 Å². The van der Waals surface area contributed by atoms with Gasteiger partial charge >= 0.3 is 0 Å². The summed E-state index contributed by atoms with van der Waals surface area (Å²) in [7, 11) is 0. The van der Waals surface area contributed by atoms with Gasteiger partial charge in [0.2, 0.25) is 0 Å². The van der Waals surface area contributed by atoms with Crippen molar-refractivity contribution < 1.29 is 0 Å². The van der Waals surface area contributed by atoms with Crippen LogP contribution in [0.3, 0.4) is 0 Å². The summed E-state index contributed by atoms with van der Waals surface area (Å²) in [6.07, 6.45) is 12.2. The Morgan fingerprint density at radius 2 is 1.67 bits per heavy atom. The number of hydrogen-bond donors (Lipinski definition) is 0. The summed E-state index contributed by atoms with van der Waals surface area (Å²) in [5.74, 6) is 3.37. The minimum absolute atomic E-state index is 1.10. The molecule has 0 aromatic rings. The first-order valence-electron chi connectivity index (χ1n) is 5.92. The fourth-order valence-electron chi connectivity index (χ4n) is 3.58. The van der Waals surface area contributed by atoms with Gasteiger partial charge in [-0.3, -0.25) is 0 Å². The maximum absolute atomic E-state index is 2.39. The molecule has 0 radical (unpaired) electrons. The Balaban J connectivity index is 1.99. The molecule has 0 heterocycles. The molecule has 0 spiro atoms. The lowest BCUT2D eigenvalue weighted by Gasteiger charge is -2.41. The second-order valence-corrected chi connectivity index (χ2v) is 4.81. The lowest BCUT2D eigenvalue weighted by Crippen LogP contribution is -2.30. The summed E-state index contributed by atoms with van der Waals surface area (Å²) in [6, 6.07) is 0. The highest BCUT2D eigenvalue weighted by Crippen LogP contribution is 2.44. The van der Waals surface area contributed by atoms with Crippen molar-refractivity contribution in [1.29, 1.82) is 0 Å². The van der Waals surface area contributed by atoms with E-state index in [2.05, 4.69) is 6.92 Å². The van der Waals surface area contributed by atoms with Crippen LogP contribution in [0, 0.1) is 17.8 Å². The zero-order valence-corrected chi connectivity index (χ0v) is 8.39. The maximum atomic E-state index is 2.39. The standard InChI is InChI=1S/C12H22/c1-2-10-7-5-8-11-6-3-4-9-12(10)11/h10-12H,2-9H2,1H3. The van der Waals surface area contributed by atoms with Gasteiger partial charge in [-0.15, -0.1) is 0 Å². The molecule has 70 valence electrons. The molecule has 2 saturated carbocycles. The Kier molecular flexibility index (Phi) is 2.73. The first kappa shape index (κ1) is 8.59. The predicted molar refractivity (Wildman–Crippen MR) is 53.1 cm³/mol. The third-order valence-electron chi connectivity index (χ3n) is 4.25. The number of rotatable bonds is 1. The minimum atomic E-state index is 1.10. The third kappa shape index (κ3) is 1.53. The predicted octanol–water partition coefficient (Wildman–Crippen LogP) is 4.00. The van der Waals surface area contributed by atoms with Crippen molar-refractivity contribution >= 4 is 0 Å². The Bertz CT molecular complexity index is 130. The van der Waals surface area contributed by atoms with Crippen molar-refractivity contribution in [2.45, 2.75) is 58.3 Å². The summed E-state index contributed by atoms with van der Waals surface area (Å²) >= 11 is 0. The van der Waals surface area contributed by atoms with E-state index >= 15 is 0 Å². The molecule has 12 heavy (non-hydrogen) atoms. The lowest BCUT2D eigenvalue weighted by molar-refractivity contribution is 0.101. The molecular weight excluding hydrogens is 144 g/mol. The monoisotopic (exact) mass is 166 g/mol. The van der Waals surface area contributed by atoms with Crippen molar-refractivity contribution in [1.82, 2.24) is 0 Å². The van der Waals surface area contributed by atoms with Crippen LogP contribution in [0.5, 0.6) is 0 Å². The first-order valence-corrected chi connectivity index (χ1v) is 5.92. The molecular formula is C12H22. The molecule has 0 nitrogen and oxygen atoms in total. The van der Waals surface area contributed by atoms with E-state index in [1.165, 1.54) is 32.1 Å². The van der Waals surface area contributed by atoms with E-state index in [0.29, 0.717) is 0 Å². The van der Waals surface area contributed by atoms with Gasteiger partial charge in [0.15, 0.2) is 0 Å². The van der Waals surface area contributed by atoms with Crippen LogP contribution < -0.4 is 0 Å². The quantitative estimate of drug-likeness (QED) is 0.552. The summed E-state index contributed by atoms with van der Waals surface area (Å²) < 4.78 is 0. The fourth-order valence-corrected chi connectivity index (χ4v) is 3.58. The van der Waals surface area contributed by atoms with E-state index in [-0.39, 0.29) is 0 Å². The van der Waals surface area contributed by atoms with Crippen LogP contribution in [0.15, 0.2) is 0 Å². The summed E-state index contributed by atoms with van der Waals surface area (Å²) in [4.78, 5) is 0. The second-order valence-electron chi connectivity index (χ2n) is 4.81. The molecule has 2 aliphatic carbocycles. The zero-order valence-electron chi connectivity index (χ0n) is 8.39. The molecule has 2 fully saturated rings. The normalized spacial score (nSPS) is 42.2. The average molecular weight is 166 g/mol. The molecule has 0 aliphatic heterocycles. The molecule has 0 heteroatoms. The van der Waals surface area contributed by atoms with Crippen molar-refractivity contribution in [3.63, 3.8) is 0 Å². The van der Waals surface area contributed by atoms with Gasteiger partial charge in [-0.2, -0.15) is 0 Å². The Labute approximate surface area is 76.7 Å².